The van der Waals surface area contributed by atoms with Crippen molar-refractivity contribution in [3.63, 3.8) is 0 Å². The number of nitrogens with one attached hydrogen (secondary N) is 3. The molecule has 0 radical (unpaired) electrons. The number of carbonyl (C=O) groups is 4. The molecule has 1 heterocycles. The molecular formula is C42H63N3O11. The average molecular weight is 786 g/mol. The molecule has 14 nitrogen and oxygen atoms in total. The molecule has 56 heavy (non-hydrogen) atoms. The van der Waals surface area contributed by atoms with E-state index >= 15 is 0 Å². The number of carbonyl (C=O) groups excluding carboxylic acids is 4. The molecule has 14 heteroatoms. The van der Waals surface area contributed by atoms with Crippen LogP contribution in [0.15, 0.2) is 48.5 Å². The van der Waals surface area contributed by atoms with Crippen molar-refractivity contribution in [1.82, 2.24) is 10.6 Å². The van der Waals surface area contributed by atoms with Crippen LogP contribution in [-0.2, 0) is 44.7 Å². The molecule has 3 amide bonds. The van der Waals surface area contributed by atoms with E-state index in [-0.39, 0.29) is 45.0 Å². The van der Waals surface area contributed by atoms with E-state index in [1.165, 1.54) is 0 Å². The van der Waals surface area contributed by atoms with Crippen LogP contribution in [0.2, 0.25) is 0 Å². The second-order valence-electron chi connectivity index (χ2n) is 14.2. The quantitative estimate of drug-likeness (QED) is 0.104. The molecule has 2 aromatic carbocycles. The number of benzene rings is 2. The first-order valence-corrected chi connectivity index (χ1v) is 20.1. The largest absolute Gasteiger partial charge is 0.487 e. The Hall–Kier alpha value is -4.24. The van der Waals surface area contributed by atoms with Crippen LogP contribution in [0.3, 0.4) is 0 Å². The molecule has 2 aromatic rings. The first-order valence-electron chi connectivity index (χ1n) is 20.1. The summed E-state index contributed by atoms with van der Waals surface area (Å²) in [6.45, 7) is 8.87. The SMILES string of the molecule is CCCCCCCC(O)CC(=O)N[C@@H](CC(C)C)C(=O)N[C@H](CCC(=O)OCc1ccccc1)C(=O)Nc1ccc2c(c1)OCCOCCOCCOCCO2. The summed E-state index contributed by atoms with van der Waals surface area (Å²) in [7, 11) is 0. The molecule has 3 rings (SSSR count). The standard InChI is InChI=1S/C42H63N3O11/c1-4-5-6-7-11-14-34(46)29-39(47)44-36(27-31(2)3)42(50)45-35(16-18-40(48)56-30-32-12-9-8-10-13-32)41(49)43-33-15-17-37-38(28-33)55-26-24-53-22-20-51-19-21-52-23-25-54-37/h8-10,12-13,15,17,28,31,34-36,46H,4-7,11,14,16,18-27,29-30H2,1-3H3,(H,43,49)(H,44,47)(H,45,50)/t34?,35-,36+/m1/s1. The maximum atomic E-state index is 13.9. The van der Waals surface area contributed by atoms with E-state index < -0.39 is 41.9 Å². The van der Waals surface area contributed by atoms with Crippen LogP contribution < -0.4 is 25.4 Å². The van der Waals surface area contributed by atoms with E-state index in [9.17, 15) is 24.3 Å². The molecular weight excluding hydrogens is 722 g/mol. The van der Waals surface area contributed by atoms with Crippen molar-refractivity contribution in [3.05, 3.63) is 54.1 Å². The molecule has 0 saturated carbocycles. The third kappa shape index (κ3) is 19.6. The van der Waals surface area contributed by atoms with Gasteiger partial charge in [0.2, 0.25) is 17.7 Å². The predicted molar refractivity (Wildman–Crippen MR) is 211 cm³/mol. The number of ether oxygens (including phenoxy) is 6. The van der Waals surface area contributed by atoms with Crippen LogP contribution >= 0.6 is 0 Å². The Morgan fingerprint density at radius 3 is 2.04 bits per heavy atom. The maximum absolute atomic E-state index is 13.9. The summed E-state index contributed by atoms with van der Waals surface area (Å²) in [5.41, 5.74) is 1.18. The van der Waals surface area contributed by atoms with Crippen LogP contribution in [0.5, 0.6) is 11.5 Å². The molecule has 312 valence electrons. The molecule has 1 unspecified atom stereocenters. The van der Waals surface area contributed by atoms with E-state index in [0.717, 1.165) is 37.7 Å². The number of unbranched alkanes of at least 4 members (excludes halogenated alkanes) is 4. The lowest BCUT2D eigenvalue weighted by Crippen LogP contribution is -2.53. The summed E-state index contributed by atoms with van der Waals surface area (Å²) >= 11 is 0. The van der Waals surface area contributed by atoms with Gasteiger partial charge in [-0.05, 0) is 42.9 Å². The Kier molecular flexibility index (Phi) is 22.6. The van der Waals surface area contributed by atoms with Crippen LogP contribution in [0.25, 0.3) is 0 Å². The molecule has 0 saturated heterocycles. The van der Waals surface area contributed by atoms with Gasteiger partial charge >= 0.3 is 5.97 Å². The van der Waals surface area contributed by atoms with Gasteiger partial charge in [-0.2, -0.15) is 0 Å². The van der Waals surface area contributed by atoms with Gasteiger partial charge in [-0.25, -0.2) is 0 Å². The zero-order valence-electron chi connectivity index (χ0n) is 33.4. The fourth-order valence-corrected chi connectivity index (χ4v) is 5.88. The van der Waals surface area contributed by atoms with E-state index in [1.54, 1.807) is 18.2 Å². The second-order valence-corrected chi connectivity index (χ2v) is 14.2. The average Bonchev–Trinajstić information content (AvgIpc) is 3.18. The lowest BCUT2D eigenvalue weighted by molar-refractivity contribution is -0.145. The zero-order valence-corrected chi connectivity index (χ0v) is 33.4. The molecule has 0 aliphatic carbocycles. The normalized spacial score (nSPS) is 15.7. The predicted octanol–water partition coefficient (Wildman–Crippen LogP) is 5.10. The van der Waals surface area contributed by atoms with Gasteiger partial charge < -0.3 is 49.5 Å². The first kappa shape index (κ1) is 46.1. The van der Waals surface area contributed by atoms with Crippen molar-refractivity contribution in [2.24, 2.45) is 5.92 Å². The highest BCUT2D eigenvalue weighted by molar-refractivity contribution is 5.98. The molecule has 0 bridgehead atoms. The molecule has 0 fully saturated rings. The van der Waals surface area contributed by atoms with Gasteiger partial charge in [0, 0.05) is 18.2 Å². The Morgan fingerprint density at radius 2 is 1.38 bits per heavy atom. The highest BCUT2D eigenvalue weighted by Gasteiger charge is 2.29. The second kappa shape index (κ2) is 27.4. The summed E-state index contributed by atoms with van der Waals surface area (Å²) < 4.78 is 33.9. The smallest absolute Gasteiger partial charge is 0.306 e. The summed E-state index contributed by atoms with van der Waals surface area (Å²) in [6, 6.07) is 12.0. The maximum Gasteiger partial charge on any atom is 0.306 e. The number of aliphatic hydroxyl groups excluding tert-OH is 1. The Labute approximate surface area is 331 Å². The van der Waals surface area contributed by atoms with Crippen LogP contribution in [0.4, 0.5) is 5.69 Å². The van der Waals surface area contributed by atoms with Crippen LogP contribution in [-0.4, -0.2) is 99.8 Å². The Bertz CT molecular complexity index is 1440. The third-order valence-corrected chi connectivity index (χ3v) is 8.86. The summed E-state index contributed by atoms with van der Waals surface area (Å²) in [4.78, 5) is 53.5. The summed E-state index contributed by atoms with van der Waals surface area (Å²) in [5.74, 6) is -1.33. The van der Waals surface area contributed by atoms with E-state index in [0.29, 0.717) is 69.7 Å². The lowest BCUT2D eigenvalue weighted by atomic mass is 10.0. The van der Waals surface area contributed by atoms with Crippen LogP contribution in [0, 0.1) is 5.92 Å². The number of aliphatic hydroxyl groups is 1. The van der Waals surface area contributed by atoms with Gasteiger partial charge in [-0.3, -0.25) is 19.2 Å². The number of anilines is 1. The minimum atomic E-state index is -1.17. The molecule has 0 aromatic heterocycles. The van der Waals surface area contributed by atoms with Crippen molar-refractivity contribution in [2.75, 3.05) is 58.2 Å². The molecule has 1 aliphatic rings. The molecule has 0 spiro atoms. The van der Waals surface area contributed by atoms with Crippen molar-refractivity contribution < 1.29 is 52.7 Å². The minimum absolute atomic E-state index is 0.0199. The van der Waals surface area contributed by atoms with Crippen molar-refractivity contribution in [3.8, 4) is 11.5 Å². The number of rotatable bonds is 20. The molecule has 4 N–H and O–H groups in total. The third-order valence-electron chi connectivity index (χ3n) is 8.86. The monoisotopic (exact) mass is 785 g/mol. The van der Waals surface area contributed by atoms with Crippen molar-refractivity contribution in [2.45, 2.75) is 110 Å². The fraction of sp³-hybridized carbons (Fsp3) is 0.619. The zero-order chi connectivity index (χ0) is 40.4. The number of esters is 1. The van der Waals surface area contributed by atoms with Crippen LogP contribution in [0.1, 0.15) is 90.5 Å². The number of fused-ring (bicyclic) bond motifs is 1. The van der Waals surface area contributed by atoms with E-state index in [4.69, 9.17) is 28.4 Å². The fourth-order valence-electron chi connectivity index (χ4n) is 5.88. The van der Waals surface area contributed by atoms with Gasteiger partial charge in [-0.15, -0.1) is 0 Å². The Balaban J connectivity index is 1.72. The number of amides is 3. The van der Waals surface area contributed by atoms with Gasteiger partial charge in [0.25, 0.3) is 0 Å². The summed E-state index contributed by atoms with van der Waals surface area (Å²) in [6.07, 6.45) is 4.74. The highest BCUT2D eigenvalue weighted by atomic mass is 16.6. The van der Waals surface area contributed by atoms with Gasteiger partial charge in [0.05, 0.1) is 52.2 Å². The van der Waals surface area contributed by atoms with Gasteiger partial charge in [0.1, 0.15) is 31.9 Å². The topological polar surface area (TPSA) is 180 Å². The van der Waals surface area contributed by atoms with E-state index in [1.807, 2.05) is 44.2 Å². The highest BCUT2D eigenvalue weighted by Crippen LogP contribution is 2.31. The lowest BCUT2D eigenvalue weighted by Gasteiger charge is -2.25. The molecule has 3 atom stereocenters. The Morgan fingerprint density at radius 1 is 0.732 bits per heavy atom. The van der Waals surface area contributed by atoms with Gasteiger partial charge in [0.15, 0.2) is 11.5 Å². The van der Waals surface area contributed by atoms with Crippen molar-refractivity contribution >= 4 is 29.4 Å². The minimum Gasteiger partial charge on any atom is -0.487 e. The van der Waals surface area contributed by atoms with E-state index in [2.05, 4.69) is 22.9 Å². The number of hydrogen-bond donors (Lipinski definition) is 4. The molecule has 1 aliphatic heterocycles. The first-order chi connectivity index (χ1) is 27.1. The number of hydrogen-bond acceptors (Lipinski definition) is 11. The van der Waals surface area contributed by atoms with Crippen molar-refractivity contribution in [1.29, 1.82) is 0 Å². The summed E-state index contributed by atoms with van der Waals surface area (Å²) in [5, 5.41) is 18.9. The van der Waals surface area contributed by atoms with Gasteiger partial charge in [-0.1, -0.05) is 83.2 Å².